The summed E-state index contributed by atoms with van der Waals surface area (Å²) in [6.45, 7) is 5.31. The van der Waals surface area contributed by atoms with Crippen LogP contribution in [0.4, 0.5) is 4.79 Å². The van der Waals surface area contributed by atoms with Gasteiger partial charge in [0.05, 0.1) is 6.61 Å². The van der Waals surface area contributed by atoms with Crippen molar-refractivity contribution in [2.24, 2.45) is 4.99 Å². The maximum atomic E-state index is 12.7. The van der Waals surface area contributed by atoms with Crippen molar-refractivity contribution >= 4 is 12.1 Å². The van der Waals surface area contributed by atoms with Crippen molar-refractivity contribution in [2.75, 3.05) is 19.7 Å². The first-order chi connectivity index (χ1) is 13.8. The maximum Gasteiger partial charge on any atom is 0.348 e. The third-order valence-electron chi connectivity index (χ3n) is 5.41. The minimum absolute atomic E-state index is 0.186. The number of hydrogen-bond donors (Lipinski definition) is 0. The number of fused-ring (bicyclic) bond motifs is 3. The highest BCUT2D eigenvalue weighted by Crippen LogP contribution is 2.32. The van der Waals surface area contributed by atoms with Crippen molar-refractivity contribution in [1.82, 2.24) is 9.80 Å². The Balaban J connectivity index is 1.68. The molecule has 0 bridgehead atoms. The second-order valence-electron chi connectivity index (χ2n) is 7.33. The van der Waals surface area contributed by atoms with Crippen molar-refractivity contribution in [1.29, 1.82) is 0 Å². The molecule has 1 fully saturated rings. The maximum absolute atomic E-state index is 12.7. The zero-order valence-electron chi connectivity index (χ0n) is 16.4. The Kier molecular flexibility index (Phi) is 5.60. The summed E-state index contributed by atoms with van der Waals surface area (Å²) in [6.07, 6.45) is 3.29. The number of ether oxygens (including phenoxy) is 1. The molecule has 0 N–H and O–H groups in total. The molecule has 28 heavy (non-hydrogen) atoms. The first-order valence-electron chi connectivity index (χ1n) is 10.2. The highest BCUT2D eigenvalue weighted by Gasteiger charge is 2.24. The highest BCUT2D eigenvalue weighted by atomic mass is 16.5. The van der Waals surface area contributed by atoms with Gasteiger partial charge in [0.1, 0.15) is 0 Å². The van der Waals surface area contributed by atoms with Gasteiger partial charge >= 0.3 is 6.03 Å². The molecule has 2 aromatic rings. The van der Waals surface area contributed by atoms with Gasteiger partial charge in [0.25, 0.3) is 6.02 Å². The molecule has 2 amide bonds. The third kappa shape index (κ3) is 3.88. The predicted octanol–water partition coefficient (Wildman–Crippen LogP) is 4.67. The zero-order chi connectivity index (χ0) is 19.3. The summed E-state index contributed by atoms with van der Waals surface area (Å²) in [6, 6.07) is 17.1. The second kappa shape index (κ2) is 8.46. The number of carbonyl (C=O) groups is 1. The van der Waals surface area contributed by atoms with E-state index in [2.05, 4.69) is 58.4 Å². The minimum atomic E-state index is -0.186. The molecule has 2 aliphatic heterocycles. The molecule has 2 aliphatic rings. The van der Waals surface area contributed by atoms with Crippen LogP contribution in [0.15, 0.2) is 53.5 Å². The molecule has 2 heterocycles. The van der Waals surface area contributed by atoms with Crippen LogP contribution in [0, 0.1) is 0 Å². The number of amides is 2. The summed E-state index contributed by atoms with van der Waals surface area (Å²) in [5, 5.41) is 0. The molecule has 0 radical (unpaired) electrons. The van der Waals surface area contributed by atoms with Crippen LogP contribution >= 0.6 is 0 Å². The van der Waals surface area contributed by atoms with Gasteiger partial charge in [-0.1, -0.05) is 48.5 Å². The van der Waals surface area contributed by atoms with Crippen LogP contribution in [0.3, 0.4) is 0 Å². The number of piperidine rings is 1. The number of nitrogens with zero attached hydrogens (tertiary/aromatic N) is 3. The van der Waals surface area contributed by atoms with Crippen molar-refractivity contribution < 1.29 is 9.53 Å². The summed E-state index contributed by atoms with van der Waals surface area (Å²) in [5.41, 5.74) is 4.90. The van der Waals surface area contributed by atoms with Gasteiger partial charge < -0.3 is 14.5 Å². The van der Waals surface area contributed by atoms with Gasteiger partial charge in [0.2, 0.25) is 0 Å². The lowest BCUT2D eigenvalue weighted by atomic mass is 9.97. The smallest absolute Gasteiger partial charge is 0.348 e. The number of carbonyl (C=O) groups excluding carboxylic acids is 1. The highest BCUT2D eigenvalue weighted by molar-refractivity contribution is 5.90. The molecule has 2 aromatic carbocycles. The number of amidine groups is 1. The lowest BCUT2D eigenvalue weighted by molar-refractivity contribution is 0.190. The van der Waals surface area contributed by atoms with Gasteiger partial charge in [-0.05, 0) is 48.4 Å². The summed E-state index contributed by atoms with van der Waals surface area (Å²) in [4.78, 5) is 21.1. The van der Waals surface area contributed by atoms with Crippen LogP contribution in [0.2, 0.25) is 0 Å². The van der Waals surface area contributed by atoms with E-state index in [1.54, 1.807) is 0 Å². The molecule has 146 valence electrons. The Morgan fingerprint density at radius 3 is 2.04 bits per heavy atom. The molecule has 0 spiro atoms. The molecular formula is C23H27N3O2. The minimum Gasteiger partial charge on any atom is -0.465 e. The summed E-state index contributed by atoms with van der Waals surface area (Å²) in [5.74, 6) is 0. The van der Waals surface area contributed by atoms with E-state index in [1.165, 1.54) is 28.7 Å². The van der Waals surface area contributed by atoms with Gasteiger partial charge in [-0.2, -0.15) is 0 Å². The van der Waals surface area contributed by atoms with Gasteiger partial charge in [0, 0.05) is 26.2 Å². The van der Waals surface area contributed by atoms with E-state index in [0.717, 1.165) is 25.9 Å². The van der Waals surface area contributed by atoms with Gasteiger partial charge in [0.15, 0.2) is 0 Å². The molecule has 0 saturated carbocycles. The summed E-state index contributed by atoms with van der Waals surface area (Å²) in [7, 11) is 0. The monoisotopic (exact) mass is 377 g/mol. The summed E-state index contributed by atoms with van der Waals surface area (Å²) >= 11 is 0. The van der Waals surface area contributed by atoms with E-state index < -0.39 is 0 Å². The van der Waals surface area contributed by atoms with Crippen LogP contribution in [-0.2, 0) is 17.8 Å². The fourth-order valence-electron chi connectivity index (χ4n) is 4.01. The Hall–Kier alpha value is -2.82. The quantitative estimate of drug-likeness (QED) is 0.536. The molecule has 5 nitrogen and oxygen atoms in total. The fraction of sp³-hybridized carbons (Fsp3) is 0.391. The normalized spacial score (nSPS) is 16.8. The number of urea groups is 1. The van der Waals surface area contributed by atoms with Gasteiger partial charge in [-0.25, -0.2) is 4.79 Å². The van der Waals surface area contributed by atoms with Crippen LogP contribution in [-0.4, -0.2) is 41.5 Å². The number of likely N-dealkylation sites (tertiary alicyclic amines) is 1. The number of hydrogen-bond acceptors (Lipinski definition) is 2. The van der Waals surface area contributed by atoms with Crippen LogP contribution < -0.4 is 0 Å². The van der Waals surface area contributed by atoms with Crippen LogP contribution in [0.1, 0.15) is 37.3 Å². The average Bonchev–Trinajstić information content (AvgIpc) is 2.91. The molecule has 0 atom stereocenters. The van der Waals surface area contributed by atoms with Crippen molar-refractivity contribution in [3.8, 4) is 11.1 Å². The van der Waals surface area contributed by atoms with E-state index in [1.807, 2.05) is 11.8 Å². The lowest BCUT2D eigenvalue weighted by Crippen LogP contribution is -2.37. The predicted molar refractivity (Wildman–Crippen MR) is 111 cm³/mol. The van der Waals surface area contributed by atoms with E-state index in [0.29, 0.717) is 25.7 Å². The molecule has 5 heteroatoms. The third-order valence-corrected chi connectivity index (χ3v) is 5.41. The molecule has 1 saturated heterocycles. The van der Waals surface area contributed by atoms with E-state index in [-0.39, 0.29) is 6.03 Å². The van der Waals surface area contributed by atoms with E-state index >= 15 is 0 Å². The molecule has 4 rings (SSSR count). The number of aliphatic imine (C=N–C) groups is 1. The summed E-state index contributed by atoms with van der Waals surface area (Å²) < 4.78 is 5.86. The molecule has 0 unspecified atom stereocenters. The fourth-order valence-corrected chi connectivity index (χ4v) is 4.01. The lowest BCUT2D eigenvalue weighted by Gasteiger charge is -2.27. The second-order valence-corrected chi connectivity index (χ2v) is 7.33. The SMILES string of the molecule is CCO/C(=N\C(=O)N1CCCCC1)N1Cc2ccccc2-c2ccccc2C1. The van der Waals surface area contributed by atoms with Crippen LogP contribution in [0.25, 0.3) is 11.1 Å². The Morgan fingerprint density at radius 1 is 0.893 bits per heavy atom. The standard InChI is InChI=1S/C23H27N3O2/c1-2-28-23(24-22(27)25-14-8-3-9-15-25)26-16-18-10-4-6-12-20(18)21-13-7-5-11-19(21)17-26/h4-7,10-13H,2-3,8-9,14-17H2,1H3/b24-23-. The van der Waals surface area contributed by atoms with Crippen molar-refractivity contribution in [3.05, 3.63) is 59.7 Å². The number of rotatable bonds is 1. The Morgan fingerprint density at radius 2 is 1.46 bits per heavy atom. The molecule has 0 aliphatic carbocycles. The number of benzene rings is 2. The topological polar surface area (TPSA) is 45.1 Å². The van der Waals surface area contributed by atoms with Gasteiger partial charge in [-0.3, -0.25) is 0 Å². The van der Waals surface area contributed by atoms with Gasteiger partial charge in [-0.15, -0.1) is 4.99 Å². The first-order valence-corrected chi connectivity index (χ1v) is 10.2. The van der Waals surface area contributed by atoms with E-state index in [9.17, 15) is 4.79 Å². The van der Waals surface area contributed by atoms with Crippen molar-refractivity contribution in [3.63, 3.8) is 0 Å². The Bertz CT molecular complexity index is 824. The van der Waals surface area contributed by atoms with Crippen LogP contribution in [0.5, 0.6) is 0 Å². The Labute approximate surface area is 166 Å². The van der Waals surface area contributed by atoms with Crippen molar-refractivity contribution in [2.45, 2.75) is 39.3 Å². The average molecular weight is 377 g/mol. The largest absolute Gasteiger partial charge is 0.465 e. The first kappa shape index (κ1) is 18.5. The molecule has 0 aromatic heterocycles. The van der Waals surface area contributed by atoms with E-state index in [4.69, 9.17) is 4.74 Å². The zero-order valence-corrected chi connectivity index (χ0v) is 16.4. The molecular weight excluding hydrogens is 350 g/mol.